The molecule has 1 aromatic rings. The van der Waals surface area contributed by atoms with E-state index in [0.29, 0.717) is 16.1 Å². The maximum Gasteiger partial charge on any atom is 0.185 e. The lowest BCUT2D eigenvalue weighted by atomic mass is 9.83. The molecule has 2 aliphatic rings. The Balaban J connectivity index is 1.90. The fraction of sp³-hybridized carbons (Fsp3) is 0.538. The Morgan fingerprint density at radius 1 is 1.35 bits per heavy atom. The highest BCUT2D eigenvalue weighted by atomic mass is 79.9. The fourth-order valence-electron chi connectivity index (χ4n) is 2.88. The number of alkyl halides is 1. The Morgan fingerprint density at radius 3 is 2.75 bits per heavy atom. The Labute approximate surface area is 125 Å². The summed E-state index contributed by atoms with van der Waals surface area (Å²) >= 11 is 3.62. The van der Waals surface area contributed by atoms with E-state index in [2.05, 4.69) is 31.2 Å². The molecule has 108 valence electrons. The average molecular weight is 342 g/mol. The molecule has 0 amide bonds. The minimum Gasteiger partial charge on any atom is -0.383 e. The van der Waals surface area contributed by atoms with Crippen LogP contribution in [0.25, 0.3) is 0 Å². The molecule has 0 saturated heterocycles. The summed E-state index contributed by atoms with van der Waals surface area (Å²) in [5, 5.41) is 3.04. The molecule has 20 heavy (non-hydrogen) atoms. The minimum atomic E-state index is -0.964. The normalized spacial score (nSPS) is 32.5. The lowest BCUT2D eigenvalue weighted by Crippen LogP contribution is -2.55. The van der Waals surface area contributed by atoms with E-state index in [0.717, 1.165) is 31.9 Å². The smallest absolute Gasteiger partial charge is 0.185 e. The van der Waals surface area contributed by atoms with Crippen molar-refractivity contribution in [3.8, 4) is 0 Å². The van der Waals surface area contributed by atoms with Crippen molar-refractivity contribution >= 4 is 33.6 Å². The first-order valence-corrected chi connectivity index (χ1v) is 7.61. The second kappa shape index (κ2) is 4.96. The minimum absolute atomic E-state index is 0.175. The molecule has 5 N–H and O–H groups in total. The van der Waals surface area contributed by atoms with E-state index in [-0.39, 0.29) is 11.7 Å². The first-order valence-electron chi connectivity index (χ1n) is 6.70. The number of hydrogen-bond donors (Lipinski definition) is 3. The monoisotopic (exact) mass is 341 g/mol. The lowest BCUT2D eigenvalue weighted by Gasteiger charge is -2.40. The van der Waals surface area contributed by atoms with Crippen molar-refractivity contribution in [1.82, 2.24) is 4.98 Å². The summed E-state index contributed by atoms with van der Waals surface area (Å²) in [4.78, 5) is 8.72. The van der Waals surface area contributed by atoms with Gasteiger partial charge in [-0.1, -0.05) is 15.9 Å². The molecule has 7 heteroatoms. The quantitative estimate of drug-likeness (QED) is 0.683. The number of nitrogens with one attached hydrogen (secondary N) is 1. The van der Waals surface area contributed by atoms with Gasteiger partial charge in [-0.05, 0) is 25.7 Å². The average Bonchev–Trinajstić information content (AvgIpc) is 2.44. The molecule has 1 unspecified atom stereocenters. The molecular weight excluding hydrogens is 325 g/mol. The van der Waals surface area contributed by atoms with Gasteiger partial charge < -0.3 is 11.1 Å². The lowest BCUT2D eigenvalue weighted by molar-refractivity contribution is 0.242. The van der Waals surface area contributed by atoms with Crippen molar-refractivity contribution in [2.75, 3.05) is 11.1 Å². The molecule has 1 aliphatic carbocycles. The van der Waals surface area contributed by atoms with E-state index in [1.165, 1.54) is 6.21 Å². The first kappa shape index (κ1) is 13.8. The second-order valence-corrected chi connectivity index (χ2v) is 6.73. The number of nitrogen functional groups attached to an aromatic ring is 1. The Morgan fingerprint density at radius 2 is 2.05 bits per heavy atom. The molecular formula is C13H17BrFN5. The highest BCUT2D eigenvalue weighted by molar-refractivity contribution is 9.09. The maximum absolute atomic E-state index is 13.9. The molecule has 1 fully saturated rings. The molecule has 1 aliphatic heterocycles. The Hall–Kier alpha value is -1.21. The van der Waals surface area contributed by atoms with Crippen LogP contribution in [0.1, 0.15) is 31.2 Å². The van der Waals surface area contributed by atoms with Crippen molar-refractivity contribution < 1.29 is 4.39 Å². The molecule has 0 bridgehead atoms. The summed E-state index contributed by atoms with van der Waals surface area (Å²) in [5.74, 6) is -0.989. The third kappa shape index (κ3) is 2.29. The number of anilines is 2. The molecule has 0 spiro atoms. The van der Waals surface area contributed by atoms with Gasteiger partial charge in [-0.2, -0.15) is 0 Å². The van der Waals surface area contributed by atoms with Crippen LogP contribution in [0, 0.1) is 11.7 Å². The van der Waals surface area contributed by atoms with E-state index in [9.17, 15) is 4.39 Å². The molecule has 1 saturated carbocycles. The van der Waals surface area contributed by atoms with E-state index in [4.69, 9.17) is 11.5 Å². The van der Waals surface area contributed by atoms with Crippen molar-refractivity contribution in [3.05, 3.63) is 17.6 Å². The topological polar surface area (TPSA) is 89.3 Å². The zero-order valence-corrected chi connectivity index (χ0v) is 12.5. The number of rotatable bonds is 1. The van der Waals surface area contributed by atoms with Crippen LogP contribution < -0.4 is 16.8 Å². The van der Waals surface area contributed by atoms with Crippen LogP contribution >= 0.6 is 15.9 Å². The number of halogens is 2. The molecule has 1 aromatic heterocycles. The van der Waals surface area contributed by atoms with E-state index < -0.39 is 11.6 Å². The third-order valence-electron chi connectivity index (χ3n) is 4.11. The number of pyridine rings is 1. The van der Waals surface area contributed by atoms with Crippen LogP contribution in [0.15, 0.2) is 11.2 Å². The highest BCUT2D eigenvalue weighted by Gasteiger charge is 2.39. The van der Waals surface area contributed by atoms with Gasteiger partial charge in [0, 0.05) is 17.0 Å². The van der Waals surface area contributed by atoms with Crippen molar-refractivity contribution in [2.24, 2.45) is 16.6 Å². The summed E-state index contributed by atoms with van der Waals surface area (Å²) in [6.07, 6.45) is 6.65. The SMILES string of the molecule is Nc1ncc(F)c2c1C=NC(N)(C1CCC(Br)CC1)N2. The van der Waals surface area contributed by atoms with Gasteiger partial charge in [0.15, 0.2) is 11.6 Å². The molecule has 3 rings (SSSR count). The van der Waals surface area contributed by atoms with Crippen LogP contribution in [0.3, 0.4) is 0 Å². The van der Waals surface area contributed by atoms with Gasteiger partial charge in [-0.25, -0.2) is 14.4 Å². The number of aromatic nitrogens is 1. The second-order valence-electron chi connectivity index (χ2n) is 5.44. The van der Waals surface area contributed by atoms with Crippen molar-refractivity contribution in [1.29, 1.82) is 0 Å². The highest BCUT2D eigenvalue weighted by Crippen LogP contribution is 2.38. The van der Waals surface area contributed by atoms with Gasteiger partial charge >= 0.3 is 0 Å². The standard InChI is InChI=1S/C13H17BrFN5/c14-8-3-1-7(2-4-8)13(17)19-5-9-11(20-13)10(15)6-18-12(9)16/h5-8,20H,1-4,17H2,(H2,16,18). The van der Waals surface area contributed by atoms with Crippen LogP contribution in [0.5, 0.6) is 0 Å². The summed E-state index contributed by atoms with van der Waals surface area (Å²) < 4.78 is 13.9. The van der Waals surface area contributed by atoms with E-state index >= 15 is 0 Å². The molecule has 5 nitrogen and oxygen atoms in total. The number of nitrogens with zero attached hydrogens (tertiary/aromatic N) is 2. The van der Waals surface area contributed by atoms with Gasteiger partial charge in [0.2, 0.25) is 0 Å². The largest absolute Gasteiger partial charge is 0.383 e. The van der Waals surface area contributed by atoms with Gasteiger partial charge in [-0.15, -0.1) is 0 Å². The number of hydrogen-bond acceptors (Lipinski definition) is 5. The molecule has 0 aromatic carbocycles. The molecule has 0 radical (unpaired) electrons. The molecule has 2 heterocycles. The summed E-state index contributed by atoms with van der Waals surface area (Å²) in [6.45, 7) is 0. The predicted octanol–water partition coefficient (Wildman–Crippen LogP) is 2.21. The van der Waals surface area contributed by atoms with E-state index in [1.54, 1.807) is 0 Å². The summed E-state index contributed by atoms with van der Waals surface area (Å²) in [7, 11) is 0. The Bertz CT molecular complexity index is 556. The molecule has 1 atom stereocenters. The zero-order chi connectivity index (χ0) is 14.3. The number of aliphatic imine (C=N–C) groups is 1. The van der Waals surface area contributed by atoms with Crippen molar-refractivity contribution in [3.63, 3.8) is 0 Å². The van der Waals surface area contributed by atoms with Crippen LogP contribution in [-0.2, 0) is 0 Å². The van der Waals surface area contributed by atoms with Gasteiger partial charge in [0.25, 0.3) is 0 Å². The van der Waals surface area contributed by atoms with Crippen LogP contribution in [0.4, 0.5) is 15.9 Å². The van der Waals surface area contributed by atoms with Crippen LogP contribution in [-0.4, -0.2) is 21.8 Å². The first-order chi connectivity index (χ1) is 9.49. The van der Waals surface area contributed by atoms with Crippen LogP contribution in [0.2, 0.25) is 0 Å². The van der Waals surface area contributed by atoms with Crippen molar-refractivity contribution in [2.45, 2.75) is 36.3 Å². The van der Waals surface area contributed by atoms with Gasteiger partial charge in [0.1, 0.15) is 5.82 Å². The number of fused-ring (bicyclic) bond motifs is 1. The predicted molar refractivity (Wildman–Crippen MR) is 81.4 cm³/mol. The van der Waals surface area contributed by atoms with E-state index in [1.807, 2.05) is 0 Å². The third-order valence-corrected chi connectivity index (χ3v) is 5.03. The maximum atomic E-state index is 13.9. The van der Waals surface area contributed by atoms with Gasteiger partial charge in [-0.3, -0.25) is 5.73 Å². The number of nitrogens with two attached hydrogens (primary N) is 2. The Kier molecular flexibility index (Phi) is 3.41. The zero-order valence-electron chi connectivity index (χ0n) is 10.9. The van der Waals surface area contributed by atoms with Gasteiger partial charge in [0.05, 0.1) is 17.4 Å². The summed E-state index contributed by atoms with van der Waals surface area (Å²) in [5.41, 5.74) is 12.9. The summed E-state index contributed by atoms with van der Waals surface area (Å²) in [6, 6.07) is 0. The fourth-order valence-corrected chi connectivity index (χ4v) is 3.41.